The van der Waals surface area contributed by atoms with E-state index >= 15 is 0 Å². The summed E-state index contributed by atoms with van der Waals surface area (Å²) in [6.45, 7) is 0. The Labute approximate surface area is 170 Å². The van der Waals surface area contributed by atoms with Crippen LogP contribution in [0, 0.1) is 0 Å². The number of phenols is 1. The SMILES string of the molecule is Oc1ccc2c(c1)Oc1ncn3nc(-c4ccccn4)nc3c1[C@H]2c1cccnc1. The van der Waals surface area contributed by atoms with Crippen molar-refractivity contribution >= 4 is 5.65 Å². The van der Waals surface area contributed by atoms with Gasteiger partial charge in [0.05, 0.1) is 5.56 Å². The smallest absolute Gasteiger partial charge is 0.228 e. The molecule has 1 aromatic carbocycles. The summed E-state index contributed by atoms with van der Waals surface area (Å²) in [5, 5.41) is 14.5. The minimum Gasteiger partial charge on any atom is -0.508 e. The Morgan fingerprint density at radius 3 is 2.80 bits per heavy atom. The van der Waals surface area contributed by atoms with Crippen LogP contribution >= 0.6 is 0 Å². The van der Waals surface area contributed by atoms with Gasteiger partial charge in [-0.2, -0.15) is 0 Å². The first kappa shape index (κ1) is 16.6. The van der Waals surface area contributed by atoms with Gasteiger partial charge in [-0.15, -0.1) is 5.10 Å². The minimum absolute atomic E-state index is 0.128. The summed E-state index contributed by atoms with van der Waals surface area (Å²) < 4.78 is 7.68. The summed E-state index contributed by atoms with van der Waals surface area (Å²) in [6.07, 6.45) is 6.83. The molecule has 5 aromatic rings. The fourth-order valence-corrected chi connectivity index (χ4v) is 3.80. The lowest BCUT2D eigenvalue weighted by atomic mass is 9.84. The lowest BCUT2D eigenvalue weighted by molar-refractivity contribution is 0.422. The van der Waals surface area contributed by atoms with Crippen molar-refractivity contribution in [2.24, 2.45) is 0 Å². The lowest BCUT2D eigenvalue weighted by Crippen LogP contribution is -2.15. The van der Waals surface area contributed by atoms with Crippen molar-refractivity contribution in [3.05, 3.63) is 90.1 Å². The molecule has 0 fully saturated rings. The molecule has 4 aromatic heterocycles. The molecule has 0 unspecified atom stereocenters. The van der Waals surface area contributed by atoms with Gasteiger partial charge in [0.1, 0.15) is 23.5 Å². The highest BCUT2D eigenvalue weighted by molar-refractivity contribution is 5.67. The van der Waals surface area contributed by atoms with Gasteiger partial charge in [-0.05, 0) is 29.8 Å². The van der Waals surface area contributed by atoms with E-state index in [-0.39, 0.29) is 11.7 Å². The van der Waals surface area contributed by atoms with Gasteiger partial charge in [-0.25, -0.2) is 14.5 Å². The highest BCUT2D eigenvalue weighted by Gasteiger charge is 2.33. The molecule has 8 nitrogen and oxygen atoms in total. The van der Waals surface area contributed by atoms with Gasteiger partial charge >= 0.3 is 0 Å². The van der Waals surface area contributed by atoms with Crippen molar-refractivity contribution in [3.8, 4) is 28.9 Å². The van der Waals surface area contributed by atoms with Crippen LogP contribution in [0.5, 0.6) is 17.4 Å². The van der Waals surface area contributed by atoms with E-state index in [2.05, 4.69) is 20.1 Å². The van der Waals surface area contributed by atoms with Gasteiger partial charge in [0.2, 0.25) is 11.7 Å². The molecule has 8 heteroatoms. The largest absolute Gasteiger partial charge is 0.508 e. The summed E-state index contributed by atoms with van der Waals surface area (Å²) in [6, 6.07) is 14.6. The molecule has 1 aliphatic heterocycles. The van der Waals surface area contributed by atoms with E-state index in [1.807, 2.05) is 42.6 Å². The van der Waals surface area contributed by atoms with E-state index in [1.165, 1.54) is 0 Å². The predicted molar refractivity (Wildman–Crippen MR) is 107 cm³/mol. The summed E-state index contributed by atoms with van der Waals surface area (Å²) in [4.78, 5) is 17.9. The van der Waals surface area contributed by atoms with Crippen molar-refractivity contribution in [1.29, 1.82) is 0 Å². The van der Waals surface area contributed by atoms with Gasteiger partial charge in [-0.3, -0.25) is 9.97 Å². The van der Waals surface area contributed by atoms with Crippen molar-refractivity contribution in [3.63, 3.8) is 0 Å². The highest BCUT2D eigenvalue weighted by atomic mass is 16.5. The molecule has 1 N–H and O–H groups in total. The maximum absolute atomic E-state index is 9.95. The number of hydrogen-bond acceptors (Lipinski definition) is 7. The summed E-state index contributed by atoms with van der Waals surface area (Å²) in [5.41, 5.74) is 3.96. The predicted octanol–water partition coefficient (Wildman–Crippen LogP) is 3.57. The Bertz CT molecular complexity index is 1390. The Balaban J connectivity index is 1.63. The normalized spacial score (nSPS) is 14.7. The number of pyridine rings is 2. The van der Waals surface area contributed by atoms with E-state index < -0.39 is 0 Å². The average Bonchev–Trinajstić information content (AvgIpc) is 3.23. The van der Waals surface area contributed by atoms with Crippen LogP contribution in [0.25, 0.3) is 17.2 Å². The number of ether oxygens (including phenoxy) is 1. The zero-order valence-corrected chi connectivity index (χ0v) is 15.5. The molecule has 30 heavy (non-hydrogen) atoms. The maximum atomic E-state index is 9.95. The lowest BCUT2D eigenvalue weighted by Gasteiger charge is -2.27. The molecule has 0 radical (unpaired) electrons. The van der Waals surface area contributed by atoms with Gasteiger partial charge in [0, 0.05) is 36.1 Å². The summed E-state index contributed by atoms with van der Waals surface area (Å²) in [5.74, 6) is 1.39. The first-order valence-corrected chi connectivity index (χ1v) is 9.35. The molecule has 1 aliphatic rings. The van der Waals surface area contributed by atoms with Crippen LogP contribution in [0.3, 0.4) is 0 Å². The van der Waals surface area contributed by atoms with Crippen molar-refractivity contribution in [2.45, 2.75) is 5.92 Å². The third kappa shape index (κ3) is 2.51. The molecular formula is C22H14N6O2. The van der Waals surface area contributed by atoms with Gasteiger partial charge in [-0.1, -0.05) is 18.2 Å². The zero-order valence-electron chi connectivity index (χ0n) is 15.5. The van der Waals surface area contributed by atoms with E-state index in [1.54, 1.807) is 35.4 Å². The number of aromatic nitrogens is 6. The van der Waals surface area contributed by atoms with E-state index in [9.17, 15) is 5.11 Å². The number of nitrogens with zero attached hydrogens (tertiary/aromatic N) is 6. The Morgan fingerprint density at radius 2 is 1.97 bits per heavy atom. The van der Waals surface area contributed by atoms with Gasteiger partial charge < -0.3 is 9.84 Å². The van der Waals surface area contributed by atoms with Crippen LogP contribution in [0.15, 0.2) is 73.4 Å². The molecule has 144 valence electrons. The van der Waals surface area contributed by atoms with E-state index in [0.29, 0.717) is 28.8 Å². The maximum Gasteiger partial charge on any atom is 0.228 e. The van der Waals surface area contributed by atoms with Crippen LogP contribution in [0.1, 0.15) is 22.6 Å². The second-order valence-corrected chi connectivity index (χ2v) is 6.93. The quantitative estimate of drug-likeness (QED) is 0.479. The molecule has 6 rings (SSSR count). The molecule has 0 saturated heterocycles. The summed E-state index contributed by atoms with van der Waals surface area (Å²) in [7, 11) is 0. The van der Waals surface area contributed by atoms with E-state index in [4.69, 9.17) is 9.72 Å². The Kier molecular flexibility index (Phi) is 3.51. The first-order valence-electron chi connectivity index (χ1n) is 9.35. The average molecular weight is 394 g/mol. The molecule has 0 amide bonds. The standard InChI is InChI=1S/C22H14N6O2/c29-14-6-7-15-17(10-14)30-22-19(18(15)13-4-3-8-23-11-13)21-26-20(27-28(21)12-25-22)16-5-1-2-9-24-16/h1-12,18,29H/t18-/m0/s1. The van der Waals surface area contributed by atoms with Crippen LogP contribution in [0.2, 0.25) is 0 Å². The highest BCUT2D eigenvalue weighted by Crippen LogP contribution is 2.48. The summed E-state index contributed by atoms with van der Waals surface area (Å²) >= 11 is 0. The monoisotopic (exact) mass is 394 g/mol. The van der Waals surface area contributed by atoms with E-state index in [0.717, 1.165) is 16.7 Å². The molecule has 1 atom stereocenters. The van der Waals surface area contributed by atoms with Crippen LogP contribution in [-0.4, -0.2) is 34.7 Å². The third-order valence-corrected chi connectivity index (χ3v) is 5.10. The van der Waals surface area contributed by atoms with Crippen LogP contribution in [-0.2, 0) is 0 Å². The van der Waals surface area contributed by atoms with Crippen molar-refractivity contribution in [1.82, 2.24) is 29.5 Å². The van der Waals surface area contributed by atoms with Crippen molar-refractivity contribution in [2.75, 3.05) is 0 Å². The molecule has 0 spiro atoms. The molecule has 0 saturated carbocycles. The molecule has 0 aliphatic carbocycles. The van der Waals surface area contributed by atoms with Gasteiger partial charge in [0.25, 0.3) is 0 Å². The number of phenolic OH excluding ortho intramolecular Hbond substituents is 1. The van der Waals surface area contributed by atoms with Gasteiger partial charge in [0.15, 0.2) is 5.65 Å². The number of aromatic hydroxyl groups is 1. The van der Waals surface area contributed by atoms with Crippen LogP contribution in [0.4, 0.5) is 0 Å². The van der Waals surface area contributed by atoms with Crippen LogP contribution < -0.4 is 4.74 Å². The third-order valence-electron chi connectivity index (χ3n) is 5.10. The number of rotatable bonds is 2. The molecular weight excluding hydrogens is 380 g/mol. The Morgan fingerprint density at radius 1 is 1.00 bits per heavy atom. The topological polar surface area (TPSA) is 98.3 Å². The number of hydrogen-bond donors (Lipinski definition) is 1. The second kappa shape index (κ2) is 6.35. The molecule has 5 heterocycles. The minimum atomic E-state index is -0.227. The van der Waals surface area contributed by atoms with Crippen molar-refractivity contribution < 1.29 is 9.84 Å². The second-order valence-electron chi connectivity index (χ2n) is 6.93. The number of fused-ring (bicyclic) bond motifs is 4. The molecule has 0 bridgehead atoms. The zero-order chi connectivity index (χ0) is 20.1. The fourth-order valence-electron chi connectivity index (χ4n) is 3.80. The number of benzene rings is 1. The first-order chi connectivity index (χ1) is 14.8. The fraction of sp³-hybridized carbons (Fsp3) is 0.0455. The Hall–Kier alpha value is -4.33.